The van der Waals surface area contributed by atoms with Gasteiger partial charge in [0.25, 0.3) is 5.91 Å². The first kappa shape index (κ1) is 17.9. The first-order chi connectivity index (χ1) is 14.8. The summed E-state index contributed by atoms with van der Waals surface area (Å²) < 4.78 is 1.82. The van der Waals surface area contributed by atoms with Gasteiger partial charge in [-0.05, 0) is 47.2 Å². The van der Waals surface area contributed by atoms with Crippen molar-refractivity contribution < 1.29 is 4.79 Å². The summed E-state index contributed by atoms with van der Waals surface area (Å²) in [6, 6.07) is 35.6. The van der Waals surface area contributed by atoms with Crippen LogP contribution in [-0.4, -0.2) is 15.7 Å². The summed E-state index contributed by atoms with van der Waals surface area (Å²) in [7, 11) is 0. The second-order valence-corrected chi connectivity index (χ2v) is 7.04. The zero-order valence-corrected chi connectivity index (χ0v) is 16.2. The molecule has 0 aliphatic heterocycles. The van der Waals surface area contributed by atoms with Crippen LogP contribution in [0.15, 0.2) is 109 Å². The number of amides is 1. The van der Waals surface area contributed by atoms with Crippen LogP contribution in [0, 0.1) is 0 Å². The Morgan fingerprint density at radius 2 is 1.37 bits per heavy atom. The van der Waals surface area contributed by atoms with E-state index in [0.29, 0.717) is 5.69 Å². The van der Waals surface area contributed by atoms with Gasteiger partial charge in [0, 0.05) is 11.3 Å². The summed E-state index contributed by atoms with van der Waals surface area (Å²) in [6.07, 6.45) is 0. The molecule has 0 aliphatic rings. The lowest BCUT2D eigenvalue weighted by Crippen LogP contribution is -2.13. The maximum absolute atomic E-state index is 12.9. The fourth-order valence-corrected chi connectivity index (χ4v) is 3.53. The van der Waals surface area contributed by atoms with Gasteiger partial charge in [-0.15, -0.1) is 0 Å². The Hall–Kier alpha value is -4.18. The number of rotatable bonds is 4. The summed E-state index contributed by atoms with van der Waals surface area (Å²) in [4.78, 5) is 12.9. The second-order valence-electron chi connectivity index (χ2n) is 7.04. The molecule has 0 aliphatic carbocycles. The predicted molar refractivity (Wildman–Crippen MR) is 121 cm³/mol. The van der Waals surface area contributed by atoms with Crippen LogP contribution in [0.3, 0.4) is 0 Å². The lowest BCUT2D eigenvalue weighted by atomic mass is 10.0. The number of fused-ring (bicyclic) bond motifs is 1. The number of hydrogen-bond donors (Lipinski definition) is 1. The second kappa shape index (κ2) is 7.68. The van der Waals surface area contributed by atoms with Crippen molar-refractivity contribution in [2.45, 2.75) is 0 Å². The Labute approximate surface area is 174 Å². The van der Waals surface area contributed by atoms with E-state index in [-0.39, 0.29) is 5.91 Å². The third-order valence-electron chi connectivity index (χ3n) is 5.02. The smallest absolute Gasteiger partial charge is 0.276 e. The Bertz CT molecular complexity index is 1320. The summed E-state index contributed by atoms with van der Waals surface area (Å²) in [5.41, 5.74) is 3.88. The number of carbonyl (C=O) groups excluding carboxylic acids is 1. The van der Waals surface area contributed by atoms with Crippen molar-refractivity contribution in [1.82, 2.24) is 9.78 Å². The monoisotopic (exact) mass is 389 g/mol. The van der Waals surface area contributed by atoms with E-state index >= 15 is 0 Å². The molecule has 0 bridgehead atoms. The van der Waals surface area contributed by atoms with Crippen LogP contribution in [-0.2, 0) is 0 Å². The maximum Gasteiger partial charge on any atom is 0.276 e. The molecule has 0 fully saturated rings. The van der Waals surface area contributed by atoms with Crippen molar-refractivity contribution in [1.29, 1.82) is 0 Å². The first-order valence-corrected chi connectivity index (χ1v) is 9.79. The maximum atomic E-state index is 12.9. The van der Waals surface area contributed by atoms with E-state index in [9.17, 15) is 4.79 Å². The van der Waals surface area contributed by atoms with Crippen molar-refractivity contribution >= 4 is 22.4 Å². The van der Waals surface area contributed by atoms with Crippen molar-refractivity contribution in [2.24, 2.45) is 0 Å². The third kappa shape index (κ3) is 3.47. The Kier molecular flexibility index (Phi) is 4.58. The van der Waals surface area contributed by atoms with Gasteiger partial charge in [-0.25, -0.2) is 4.68 Å². The van der Waals surface area contributed by atoms with Crippen LogP contribution in [0.4, 0.5) is 5.69 Å². The standard InChI is InChI=1S/C26H19N3O/c30-26(27-22-11-3-1-4-12-22)24-18-25(29(28-24)23-13-5-2-6-14-23)21-16-15-19-9-7-8-10-20(19)17-21/h1-18H,(H,27,30). The minimum atomic E-state index is -0.238. The van der Waals surface area contributed by atoms with Crippen LogP contribution in [0.2, 0.25) is 0 Å². The van der Waals surface area contributed by atoms with E-state index < -0.39 is 0 Å². The average Bonchev–Trinajstić information content (AvgIpc) is 3.26. The zero-order valence-electron chi connectivity index (χ0n) is 16.2. The summed E-state index contributed by atoms with van der Waals surface area (Å²) in [5, 5.41) is 9.87. The van der Waals surface area contributed by atoms with Gasteiger partial charge in [-0.2, -0.15) is 5.10 Å². The SMILES string of the molecule is O=C(Nc1ccccc1)c1cc(-c2ccc3ccccc3c2)n(-c2ccccc2)n1. The topological polar surface area (TPSA) is 46.9 Å². The number of nitrogens with one attached hydrogen (secondary N) is 1. The molecule has 0 radical (unpaired) electrons. The third-order valence-corrected chi connectivity index (χ3v) is 5.02. The van der Waals surface area contributed by atoms with Crippen molar-refractivity contribution in [3.05, 3.63) is 115 Å². The molecule has 4 aromatic carbocycles. The number of para-hydroxylation sites is 2. The molecular formula is C26H19N3O. The van der Waals surface area contributed by atoms with Crippen molar-refractivity contribution in [3.63, 3.8) is 0 Å². The molecule has 5 rings (SSSR count). The summed E-state index contributed by atoms with van der Waals surface area (Å²) in [6.45, 7) is 0. The van der Waals surface area contributed by atoms with Crippen LogP contribution >= 0.6 is 0 Å². The zero-order chi connectivity index (χ0) is 20.3. The van der Waals surface area contributed by atoms with Gasteiger partial charge in [0.1, 0.15) is 0 Å². The number of aromatic nitrogens is 2. The van der Waals surface area contributed by atoms with Crippen LogP contribution in [0.25, 0.3) is 27.7 Å². The highest BCUT2D eigenvalue weighted by Crippen LogP contribution is 2.28. The molecule has 1 amide bonds. The molecular weight excluding hydrogens is 370 g/mol. The van der Waals surface area contributed by atoms with Gasteiger partial charge in [-0.3, -0.25) is 4.79 Å². The molecule has 0 atom stereocenters. The quantitative estimate of drug-likeness (QED) is 0.413. The lowest BCUT2D eigenvalue weighted by Gasteiger charge is -2.08. The number of hydrogen-bond acceptors (Lipinski definition) is 2. The molecule has 0 spiro atoms. The lowest BCUT2D eigenvalue weighted by molar-refractivity contribution is 0.102. The van der Waals surface area contributed by atoms with E-state index in [2.05, 4.69) is 40.7 Å². The fourth-order valence-electron chi connectivity index (χ4n) is 3.53. The van der Waals surface area contributed by atoms with Gasteiger partial charge < -0.3 is 5.32 Å². The van der Waals surface area contributed by atoms with Crippen LogP contribution < -0.4 is 5.32 Å². The molecule has 4 nitrogen and oxygen atoms in total. The highest BCUT2D eigenvalue weighted by molar-refractivity contribution is 6.03. The van der Waals surface area contributed by atoms with Crippen molar-refractivity contribution in [2.75, 3.05) is 5.32 Å². The van der Waals surface area contributed by atoms with Crippen molar-refractivity contribution in [3.8, 4) is 16.9 Å². The molecule has 30 heavy (non-hydrogen) atoms. The molecule has 1 heterocycles. The summed E-state index contributed by atoms with van der Waals surface area (Å²) >= 11 is 0. The Morgan fingerprint density at radius 1 is 0.700 bits per heavy atom. The molecule has 0 unspecified atom stereocenters. The molecule has 4 heteroatoms. The largest absolute Gasteiger partial charge is 0.321 e. The highest BCUT2D eigenvalue weighted by atomic mass is 16.1. The van der Waals surface area contributed by atoms with E-state index in [1.54, 1.807) is 0 Å². The van der Waals surface area contributed by atoms with E-state index in [1.165, 1.54) is 5.39 Å². The van der Waals surface area contributed by atoms with E-state index in [4.69, 9.17) is 0 Å². The van der Waals surface area contributed by atoms with Gasteiger partial charge in [-0.1, -0.05) is 72.8 Å². The average molecular weight is 389 g/mol. The Morgan fingerprint density at radius 3 is 2.13 bits per heavy atom. The molecule has 144 valence electrons. The molecule has 5 aromatic rings. The van der Waals surface area contributed by atoms with E-state index in [0.717, 1.165) is 28.0 Å². The van der Waals surface area contributed by atoms with E-state index in [1.807, 2.05) is 83.5 Å². The number of nitrogens with zero attached hydrogens (tertiary/aromatic N) is 2. The van der Waals surface area contributed by atoms with Crippen LogP contribution in [0.1, 0.15) is 10.5 Å². The summed E-state index contributed by atoms with van der Waals surface area (Å²) in [5.74, 6) is -0.238. The molecule has 0 saturated heterocycles. The first-order valence-electron chi connectivity index (χ1n) is 9.79. The minimum Gasteiger partial charge on any atom is -0.321 e. The Balaban J connectivity index is 1.60. The highest BCUT2D eigenvalue weighted by Gasteiger charge is 2.17. The molecule has 0 saturated carbocycles. The number of anilines is 1. The van der Waals surface area contributed by atoms with Crippen LogP contribution in [0.5, 0.6) is 0 Å². The van der Waals surface area contributed by atoms with Gasteiger partial charge in [0.05, 0.1) is 11.4 Å². The molecule has 1 N–H and O–H groups in total. The minimum absolute atomic E-state index is 0.238. The van der Waals surface area contributed by atoms with Gasteiger partial charge in [0.15, 0.2) is 5.69 Å². The number of carbonyl (C=O) groups is 1. The number of benzene rings is 4. The molecule has 1 aromatic heterocycles. The van der Waals surface area contributed by atoms with Gasteiger partial charge in [0.2, 0.25) is 0 Å². The fraction of sp³-hybridized carbons (Fsp3) is 0. The van der Waals surface area contributed by atoms with Gasteiger partial charge >= 0.3 is 0 Å². The normalized spacial score (nSPS) is 10.8. The predicted octanol–water partition coefficient (Wildman–Crippen LogP) is 5.94.